The van der Waals surface area contributed by atoms with Crippen LogP contribution in [0.3, 0.4) is 0 Å². The van der Waals surface area contributed by atoms with Crippen molar-refractivity contribution in [3.8, 4) is 22.6 Å². The molecule has 39 heavy (non-hydrogen) atoms. The molecule has 198 valence electrons. The average Bonchev–Trinajstić information content (AvgIpc) is 3.33. The highest BCUT2D eigenvalue weighted by atomic mass is 127. The summed E-state index contributed by atoms with van der Waals surface area (Å²) in [5, 5.41) is 0. The van der Waals surface area contributed by atoms with Crippen LogP contribution in [0.4, 0.5) is 0 Å². The fourth-order valence-corrected chi connectivity index (χ4v) is 7.03. The second-order valence-corrected chi connectivity index (χ2v) is 11.9. The Balaban J connectivity index is 1.18. The average molecular weight is 635 g/mol. The van der Waals surface area contributed by atoms with Crippen molar-refractivity contribution in [3.63, 3.8) is 0 Å². The van der Waals surface area contributed by atoms with Crippen molar-refractivity contribution < 1.29 is 49.7 Å². The first-order valence-electron chi connectivity index (χ1n) is 12.6. The fraction of sp³-hybridized carbons (Fsp3) is 0.188. The van der Waals surface area contributed by atoms with Crippen LogP contribution in [0.25, 0.3) is 11.1 Å². The van der Waals surface area contributed by atoms with Crippen LogP contribution < -0.4 is 30.7 Å². The molecule has 0 aromatic heterocycles. The molecule has 2 unspecified atom stereocenters. The van der Waals surface area contributed by atoms with Gasteiger partial charge in [0.2, 0.25) is 7.14 Å². The Hall–Kier alpha value is -3.85. The lowest BCUT2D eigenvalue weighted by Gasteiger charge is -2.14. The summed E-state index contributed by atoms with van der Waals surface area (Å²) < 4.78 is 25.1. The molecule has 4 aromatic carbocycles. The zero-order chi connectivity index (χ0) is 27.2. The fourth-order valence-electron chi connectivity index (χ4n) is 4.21. The summed E-state index contributed by atoms with van der Waals surface area (Å²) in [7, 11) is 0. The van der Waals surface area contributed by atoms with Gasteiger partial charge in [0.05, 0.1) is 0 Å². The Morgan fingerprint density at radius 1 is 0.615 bits per heavy atom. The molecule has 0 N–H and O–H groups in total. The Morgan fingerprint density at radius 2 is 1.03 bits per heavy atom. The summed E-state index contributed by atoms with van der Waals surface area (Å²) in [6.45, 7) is 3.33. The minimum atomic E-state index is -0.427. The highest BCUT2D eigenvalue weighted by Crippen LogP contribution is 2.30. The Kier molecular flexibility index (Phi) is 8.46. The third kappa shape index (κ3) is 6.78. The minimum Gasteiger partial charge on any atom is -0.482 e. The summed E-state index contributed by atoms with van der Waals surface area (Å²) in [5.41, 5.74) is 3.99. The second-order valence-electron chi connectivity index (χ2n) is 9.04. The molecule has 0 radical (unpaired) electrons. The van der Waals surface area contributed by atoms with Crippen molar-refractivity contribution in [2.24, 2.45) is 0 Å². The van der Waals surface area contributed by atoms with Gasteiger partial charge in [-0.15, -0.1) is 0 Å². The minimum absolute atomic E-state index is 0.176. The number of carbonyl (C=O) groups is 2. The van der Waals surface area contributed by atoms with Crippen LogP contribution in [0, 0.1) is 7.14 Å². The van der Waals surface area contributed by atoms with Crippen LogP contribution in [0.15, 0.2) is 97.1 Å². The van der Waals surface area contributed by atoms with E-state index in [1.54, 1.807) is 0 Å². The Labute approximate surface area is 238 Å². The van der Waals surface area contributed by atoms with E-state index in [1.165, 1.54) is 7.14 Å². The van der Waals surface area contributed by atoms with E-state index in [0.717, 1.165) is 22.3 Å². The van der Waals surface area contributed by atoms with E-state index in [-0.39, 0.29) is 46.6 Å². The topological polar surface area (TPSA) is 71.1 Å². The van der Waals surface area contributed by atoms with E-state index in [9.17, 15) is 9.59 Å². The maximum absolute atomic E-state index is 12.4. The van der Waals surface area contributed by atoms with Gasteiger partial charge in [0.1, 0.15) is 23.7 Å². The molecule has 7 heteroatoms. The molecule has 0 saturated carbocycles. The summed E-state index contributed by atoms with van der Waals surface area (Å²) in [5.74, 6) is 0.340. The zero-order valence-corrected chi connectivity index (χ0v) is 23.8. The van der Waals surface area contributed by atoms with Gasteiger partial charge >= 0.3 is 33.1 Å². The van der Waals surface area contributed by atoms with E-state index < -0.39 is 11.9 Å². The number of carbonyl (C=O) groups excluding carboxylic acids is 2. The number of rotatable bonds is 10. The van der Waals surface area contributed by atoms with Gasteiger partial charge in [-0.25, -0.2) is 9.59 Å². The number of benzene rings is 4. The van der Waals surface area contributed by atoms with Crippen molar-refractivity contribution in [1.82, 2.24) is 0 Å². The van der Waals surface area contributed by atoms with Crippen LogP contribution in [0.1, 0.15) is 37.2 Å². The number of hydrogen-bond acceptors (Lipinski definition) is 6. The number of hydrogen-bond donors (Lipinski definition) is 0. The molecule has 0 fully saturated rings. The summed E-state index contributed by atoms with van der Waals surface area (Å²) in [4.78, 5) is 24.7. The molecule has 4 aromatic rings. The second kappa shape index (κ2) is 12.3. The van der Waals surface area contributed by atoms with Gasteiger partial charge in [-0.1, -0.05) is 60.7 Å². The molecule has 6 nitrogen and oxygen atoms in total. The van der Waals surface area contributed by atoms with Crippen molar-refractivity contribution in [1.29, 1.82) is 0 Å². The normalized spacial score (nSPS) is 13.0. The van der Waals surface area contributed by atoms with Crippen molar-refractivity contribution in [3.05, 3.63) is 115 Å². The zero-order valence-electron chi connectivity index (χ0n) is 21.6. The summed E-state index contributed by atoms with van der Waals surface area (Å²) in [6, 6.07) is 31.0. The summed E-state index contributed by atoms with van der Waals surface area (Å²) >= 11 is -0.339. The highest BCUT2D eigenvalue weighted by Gasteiger charge is 2.34. The first-order chi connectivity index (χ1) is 19.0. The van der Waals surface area contributed by atoms with Crippen LogP contribution in [-0.4, -0.2) is 25.2 Å². The predicted octanol–water partition coefficient (Wildman–Crippen LogP) is 3.16. The van der Waals surface area contributed by atoms with Gasteiger partial charge < -0.3 is 18.9 Å². The van der Waals surface area contributed by atoms with Gasteiger partial charge in [0, 0.05) is 11.1 Å². The van der Waals surface area contributed by atoms with Gasteiger partial charge in [0.15, 0.2) is 13.2 Å². The molecule has 1 aliphatic heterocycles. The van der Waals surface area contributed by atoms with E-state index in [4.69, 9.17) is 18.9 Å². The molecular weight excluding hydrogens is 607 g/mol. The maximum Gasteiger partial charge on any atom is 0.359 e. The van der Waals surface area contributed by atoms with Crippen LogP contribution >= 0.6 is 0 Å². The van der Waals surface area contributed by atoms with E-state index in [2.05, 4.69) is 12.1 Å². The molecule has 0 aliphatic carbocycles. The third-order valence-corrected chi connectivity index (χ3v) is 9.28. The molecular formula is C32H28IO6+. The third-order valence-electron chi connectivity index (χ3n) is 6.24. The molecule has 1 heterocycles. The Bertz CT molecular complexity index is 1340. The van der Waals surface area contributed by atoms with Crippen molar-refractivity contribution in [2.75, 3.05) is 13.2 Å². The smallest absolute Gasteiger partial charge is 0.359 e. The monoisotopic (exact) mass is 635 g/mol. The molecule has 0 saturated heterocycles. The van der Waals surface area contributed by atoms with E-state index >= 15 is 0 Å². The lowest BCUT2D eigenvalue weighted by atomic mass is 10.1. The molecule has 5 rings (SSSR count). The molecule has 2 atom stereocenters. The van der Waals surface area contributed by atoms with Crippen LogP contribution in [0.2, 0.25) is 0 Å². The van der Waals surface area contributed by atoms with Gasteiger partial charge in [-0.2, -0.15) is 0 Å². The highest BCUT2D eigenvalue weighted by molar-refractivity contribution is 5.73. The van der Waals surface area contributed by atoms with Crippen molar-refractivity contribution in [2.45, 2.75) is 26.1 Å². The number of ether oxygens (including phenoxy) is 4. The van der Waals surface area contributed by atoms with Crippen LogP contribution in [0.5, 0.6) is 11.5 Å². The van der Waals surface area contributed by atoms with Crippen LogP contribution in [-0.2, 0) is 19.1 Å². The molecule has 0 bridgehead atoms. The van der Waals surface area contributed by atoms with Gasteiger partial charge in [0.25, 0.3) is 0 Å². The first kappa shape index (κ1) is 26.7. The SMILES string of the molecule is CC(OC(=O)COc1ccc2c(c1)-c1cc(OCC(=O)OC(C)c3ccccc3)ccc1[I+]2)c1ccccc1. The molecule has 0 spiro atoms. The predicted molar refractivity (Wildman–Crippen MR) is 142 cm³/mol. The standard InChI is InChI=1S/C32H28IO6/c1-21(23-9-5-3-6-10-23)38-31(34)19-36-25-13-15-29-27(17-25)28-18-26(14-16-30(28)33-29)37-20-32(35)39-22(2)24-11-7-4-8-12-24/h3-18,21-22H,19-20H2,1-2H3/q+1. The first-order valence-corrected chi connectivity index (χ1v) is 14.8. The molecule has 0 amide bonds. The van der Waals surface area contributed by atoms with Crippen molar-refractivity contribution >= 4 is 11.9 Å². The molecule has 1 aliphatic rings. The van der Waals surface area contributed by atoms with Gasteiger partial charge in [-0.05, 0) is 61.4 Å². The Morgan fingerprint density at radius 3 is 1.44 bits per heavy atom. The lowest BCUT2D eigenvalue weighted by Crippen LogP contribution is -3.61. The van der Waals surface area contributed by atoms with E-state index in [0.29, 0.717) is 11.5 Å². The van der Waals surface area contributed by atoms with E-state index in [1.807, 2.05) is 98.8 Å². The maximum atomic E-state index is 12.4. The summed E-state index contributed by atoms with van der Waals surface area (Å²) in [6.07, 6.45) is -0.701. The number of esters is 2. The largest absolute Gasteiger partial charge is 0.482 e. The number of fused-ring (bicyclic) bond motifs is 3. The van der Waals surface area contributed by atoms with Gasteiger partial charge in [-0.3, -0.25) is 0 Å². The number of halogens is 1. The lowest BCUT2D eigenvalue weighted by molar-refractivity contribution is -0.589. The quantitative estimate of drug-likeness (QED) is 0.174.